The molecule has 0 amide bonds. The van der Waals surface area contributed by atoms with Crippen molar-refractivity contribution in [2.75, 3.05) is 0 Å². The molecule has 0 fully saturated rings. The van der Waals surface area contributed by atoms with Crippen LogP contribution >= 0.6 is 0 Å². The first kappa shape index (κ1) is 21.9. The van der Waals surface area contributed by atoms with E-state index in [9.17, 15) is 0 Å². The van der Waals surface area contributed by atoms with Crippen LogP contribution in [0, 0.1) is 6.92 Å². The summed E-state index contributed by atoms with van der Waals surface area (Å²) in [6.07, 6.45) is 0. The molecule has 0 unspecified atom stereocenters. The maximum absolute atomic E-state index is 5.20. The number of fused-ring (bicyclic) bond motifs is 3. The molecule has 0 saturated heterocycles. The van der Waals surface area contributed by atoms with E-state index in [1.54, 1.807) is 0 Å². The van der Waals surface area contributed by atoms with Gasteiger partial charge in [-0.3, -0.25) is 0 Å². The van der Waals surface area contributed by atoms with Gasteiger partial charge in [-0.2, -0.15) is 0 Å². The van der Waals surface area contributed by atoms with Crippen LogP contribution in [0.3, 0.4) is 0 Å². The van der Waals surface area contributed by atoms with Gasteiger partial charge in [0.2, 0.25) is 0 Å². The van der Waals surface area contributed by atoms with Crippen LogP contribution in [0.25, 0.3) is 41.9 Å². The molecule has 4 aromatic heterocycles. The molecule has 6 aromatic rings. The van der Waals surface area contributed by atoms with Crippen molar-refractivity contribution < 1.29 is 0 Å². The molecule has 0 bridgehead atoms. The molecule has 4 heteroatoms. The molecule has 0 radical (unpaired) electrons. The summed E-state index contributed by atoms with van der Waals surface area (Å²) in [4.78, 5) is 15.1. The fraction of sp³-hybridized carbons (Fsp3) is 0.129. The standard InChI is InChI=1S/C31H25N3Se/c1-20-18-19-23-22-12-7-13-24(29(22)35-30(23)32-20)26-15-9-17-28(34-26)31(2,3)27-16-8-14-25(33-27)21-10-5-4-6-11-21/h4-19H,1-3H3. The zero-order chi connectivity index (χ0) is 24.0. The Kier molecular flexibility index (Phi) is 5.36. The molecule has 4 heterocycles. The monoisotopic (exact) mass is 519 g/mol. The molecular weight excluding hydrogens is 493 g/mol. The third-order valence-corrected chi connectivity index (χ3v) is 9.04. The number of hydrogen-bond acceptors (Lipinski definition) is 3. The molecule has 0 spiro atoms. The number of pyridine rings is 3. The number of aromatic nitrogens is 3. The summed E-state index contributed by atoms with van der Waals surface area (Å²) < 4.78 is 2.60. The van der Waals surface area contributed by atoms with E-state index < -0.39 is 0 Å². The molecule has 0 aliphatic heterocycles. The van der Waals surface area contributed by atoms with Crippen LogP contribution in [0.15, 0.2) is 97.1 Å². The topological polar surface area (TPSA) is 38.7 Å². The molecule has 35 heavy (non-hydrogen) atoms. The first-order valence-corrected chi connectivity index (χ1v) is 13.5. The summed E-state index contributed by atoms with van der Waals surface area (Å²) in [7, 11) is 0. The Morgan fingerprint density at radius 1 is 0.600 bits per heavy atom. The molecule has 6 rings (SSSR count). The van der Waals surface area contributed by atoms with Crippen LogP contribution in [0.4, 0.5) is 0 Å². The van der Waals surface area contributed by atoms with Gasteiger partial charge in [0, 0.05) is 0 Å². The number of rotatable bonds is 4. The molecule has 0 atom stereocenters. The summed E-state index contributed by atoms with van der Waals surface area (Å²) in [5, 5.41) is 2.57. The summed E-state index contributed by atoms with van der Waals surface area (Å²) in [5.74, 6) is 0. The second-order valence-electron chi connectivity index (χ2n) is 9.40. The molecular formula is C31H25N3Se. The minimum absolute atomic E-state index is 0.173. The van der Waals surface area contributed by atoms with Crippen LogP contribution in [0.5, 0.6) is 0 Å². The summed E-state index contributed by atoms with van der Waals surface area (Å²) in [5.41, 5.74) is 7.09. The Morgan fingerprint density at radius 3 is 2.06 bits per heavy atom. The second kappa shape index (κ2) is 8.57. The van der Waals surface area contributed by atoms with Gasteiger partial charge in [-0.15, -0.1) is 0 Å². The quantitative estimate of drug-likeness (QED) is 0.232. The van der Waals surface area contributed by atoms with Crippen molar-refractivity contribution in [2.24, 2.45) is 0 Å². The SMILES string of the molecule is Cc1ccc2c(n1)[se]c1c(-c3cccc(C(C)(C)c4cccc(-c5ccccc5)n4)n3)cccc12. The van der Waals surface area contributed by atoms with E-state index in [-0.39, 0.29) is 19.9 Å². The third kappa shape index (κ3) is 3.89. The number of aryl methyl sites for hydroxylation is 1. The van der Waals surface area contributed by atoms with E-state index in [2.05, 4.69) is 112 Å². The van der Waals surface area contributed by atoms with Gasteiger partial charge >= 0.3 is 206 Å². The Bertz CT molecular complexity index is 1680. The number of nitrogens with zero attached hydrogens (tertiary/aromatic N) is 3. The van der Waals surface area contributed by atoms with Gasteiger partial charge in [0.05, 0.1) is 0 Å². The van der Waals surface area contributed by atoms with Crippen molar-refractivity contribution >= 4 is 33.9 Å². The zero-order valence-electron chi connectivity index (χ0n) is 20.0. The first-order valence-electron chi connectivity index (χ1n) is 11.8. The predicted molar refractivity (Wildman–Crippen MR) is 146 cm³/mol. The predicted octanol–water partition coefficient (Wildman–Crippen LogP) is 7.20. The summed E-state index contributed by atoms with van der Waals surface area (Å²) in [6, 6.07) is 33.9. The molecule has 0 aliphatic carbocycles. The summed E-state index contributed by atoms with van der Waals surface area (Å²) in [6.45, 7) is 6.48. The van der Waals surface area contributed by atoms with Gasteiger partial charge < -0.3 is 0 Å². The van der Waals surface area contributed by atoms with Crippen LogP contribution in [-0.4, -0.2) is 29.5 Å². The van der Waals surface area contributed by atoms with Gasteiger partial charge in [-0.05, 0) is 0 Å². The number of hydrogen-bond donors (Lipinski definition) is 0. The van der Waals surface area contributed by atoms with Crippen LogP contribution < -0.4 is 0 Å². The first-order chi connectivity index (χ1) is 17.0. The Hall–Kier alpha value is -3.59. The normalized spacial score (nSPS) is 11.9. The van der Waals surface area contributed by atoms with Crippen molar-refractivity contribution in [3.63, 3.8) is 0 Å². The van der Waals surface area contributed by atoms with Gasteiger partial charge in [-0.1, -0.05) is 6.07 Å². The molecule has 2 aromatic carbocycles. The van der Waals surface area contributed by atoms with Crippen molar-refractivity contribution in [1.29, 1.82) is 0 Å². The Morgan fingerprint density at radius 2 is 1.29 bits per heavy atom. The zero-order valence-corrected chi connectivity index (χ0v) is 21.7. The molecule has 3 nitrogen and oxygen atoms in total. The van der Waals surface area contributed by atoms with Crippen molar-refractivity contribution in [3.8, 4) is 22.5 Å². The molecule has 0 saturated carbocycles. The van der Waals surface area contributed by atoms with E-state index in [1.165, 1.54) is 25.0 Å². The molecule has 0 aliphatic rings. The fourth-order valence-electron chi connectivity index (χ4n) is 4.59. The van der Waals surface area contributed by atoms with E-state index in [0.29, 0.717) is 0 Å². The fourth-order valence-corrected chi connectivity index (χ4v) is 7.19. The van der Waals surface area contributed by atoms with Crippen molar-refractivity contribution in [2.45, 2.75) is 26.2 Å². The number of benzene rings is 2. The Labute approximate surface area is 211 Å². The minimum atomic E-state index is -0.342. The molecule has 0 N–H and O–H groups in total. The van der Waals surface area contributed by atoms with Gasteiger partial charge in [0.25, 0.3) is 0 Å². The summed E-state index contributed by atoms with van der Waals surface area (Å²) >= 11 is 0.173. The maximum atomic E-state index is 5.20. The van der Waals surface area contributed by atoms with Crippen LogP contribution in [0.2, 0.25) is 0 Å². The van der Waals surface area contributed by atoms with E-state index in [1.807, 2.05) is 6.07 Å². The van der Waals surface area contributed by atoms with E-state index >= 15 is 0 Å². The van der Waals surface area contributed by atoms with Crippen LogP contribution in [0.1, 0.15) is 30.9 Å². The third-order valence-electron chi connectivity index (χ3n) is 6.63. The van der Waals surface area contributed by atoms with Crippen LogP contribution in [-0.2, 0) is 5.41 Å². The van der Waals surface area contributed by atoms with Gasteiger partial charge in [-0.25, -0.2) is 0 Å². The van der Waals surface area contributed by atoms with Crippen molar-refractivity contribution in [1.82, 2.24) is 15.0 Å². The second-order valence-corrected chi connectivity index (χ2v) is 11.5. The van der Waals surface area contributed by atoms with E-state index in [0.717, 1.165) is 34.0 Å². The van der Waals surface area contributed by atoms with Gasteiger partial charge in [0.1, 0.15) is 0 Å². The Balaban J connectivity index is 1.45. The average Bonchev–Trinajstić information content (AvgIpc) is 3.27. The average molecular weight is 519 g/mol. The van der Waals surface area contributed by atoms with E-state index in [4.69, 9.17) is 15.0 Å². The van der Waals surface area contributed by atoms with Gasteiger partial charge in [0.15, 0.2) is 0 Å². The molecule has 170 valence electrons. The van der Waals surface area contributed by atoms with Crippen molar-refractivity contribution in [3.05, 3.63) is 114 Å².